The monoisotopic (exact) mass is 278 g/mol. The van der Waals surface area contributed by atoms with Crippen LogP contribution < -0.4 is 0 Å². The highest BCUT2D eigenvalue weighted by molar-refractivity contribution is 5.30. The van der Waals surface area contributed by atoms with Crippen LogP contribution in [0.15, 0.2) is 54.6 Å². The molecule has 0 heterocycles. The molecule has 1 saturated carbocycles. The van der Waals surface area contributed by atoms with Crippen molar-refractivity contribution in [3.05, 3.63) is 71.3 Å². The Labute approximate surface area is 129 Å². The number of hydrogen-bond donors (Lipinski definition) is 0. The first kappa shape index (κ1) is 14.4. The van der Waals surface area contributed by atoms with E-state index < -0.39 is 0 Å². The molecule has 0 aliphatic heterocycles. The minimum absolute atomic E-state index is 0.792. The Morgan fingerprint density at radius 2 is 1.48 bits per heavy atom. The molecule has 0 radical (unpaired) electrons. The molecule has 3 rings (SSSR count). The molecule has 2 unspecified atom stereocenters. The van der Waals surface area contributed by atoms with Crippen molar-refractivity contribution in [3.63, 3.8) is 0 Å². The quantitative estimate of drug-likeness (QED) is 0.607. The lowest BCUT2D eigenvalue weighted by molar-refractivity contribution is 0.499. The summed E-state index contributed by atoms with van der Waals surface area (Å²) in [5, 5.41) is 0. The second-order valence-corrected chi connectivity index (χ2v) is 6.71. The van der Waals surface area contributed by atoms with Gasteiger partial charge in [0.2, 0.25) is 0 Å². The van der Waals surface area contributed by atoms with Crippen molar-refractivity contribution < 1.29 is 0 Å². The highest BCUT2D eigenvalue weighted by atomic mass is 14.2. The molecule has 110 valence electrons. The smallest absolute Gasteiger partial charge is 0.00258 e. The van der Waals surface area contributed by atoms with E-state index in [1.54, 1.807) is 5.56 Å². The van der Waals surface area contributed by atoms with E-state index in [1.807, 2.05) is 0 Å². The van der Waals surface area contributed by atoms with Crippen LogP contribution in [0.1, 0.15) is 61.6 Å². The average molecular weight is 278 g/mol. The Bertz CT molecular complexity index is 538. The summed E-state index contributed by atoms with van der Waals surface area (Å²) < 4.78 is 0. The fraction of sp³-hybridized carbons (Fsp3) is 0.429. The third-order valence-electron chi connectivity index (χ3n) is 4.96. The van der Waals surface area contributed by atoms with Crippen molar-refractivity contribution in [3.8, 4) is 0 Å². The molecule has 0 N–H and O–H groups in total. The maximum atomic E-state index is 2.41. The first-order valence-electron chi connectivity index (χ1n) is 8.44. The van der Waals surface area contributed by atoms with E-state index in [-0.39, 0.29) is 0 Å². The van der Waals surface area contributed by atoms with Gasteiger partial charge in [-0.25, -0.2) is 0 Å². The third-order valence-corrected chi connectivity index (χ3v) is 4.96. The van der Waals surface area contributed by atoms with Gasteiger partial charge in [0.15, 0.2) is 0 Å². The predicted octanol–water partition coefficient (Wildman–Crippen LogP) is 5.96. The van der Waals surface area contributed by atoms with E-state index in [9.17, 15) is 0 Å². The minimum atomic E-state index is 0.792. The number of hydrogen-bond acceptors (Lipinski definition) is 0. The van der Waals surface area contributed by atoms with E-state index in [0.29, 0.717) is 0 Å². The van der Waals surface area contributed by atoms with Crippen LogP contribution in [0.4, 0.5) is 0 Å². The summed E-state index contributed by atoms with van der Waals surface area (Å²) in [6.45, 7) is 2.41. The summed E-state index contributed by atoms with van der Waals surface area (Å²) in [7, 11) is 0. The van der Waals surface area contributed by atoms with Gasteiger partial charge in [-0.15, -0.1) is 0 Å². The SMILES string of the molecule is CC1CCCC(c2ccc(Cc3ccccc3)cc2)CC1. The topological polar surface area (TPSA) is 0 Å². The van der Waals surface area contributed by atoms with E-state index in [4.69, 9.17) is 0 Å². The van der Waals surface area contributed by atoms with Gasteiger partial charge in [-0.3, -0.25) is 0 Å². The molecule has 1 fully saturated rings. The van der Waals surface area contributed by atoms with Gasteiger partial charge >= 0.3 is 0 Å². The van der Waals surface area contributed by atoms with Crippen molar-refractivity contribution in [2.24, 2.45) is 5.92 Å². The fourth-order valence-corrected chi connectivity index (χ4v) is 3.56. The van der Waals surface area contributed by atoms with Gasteiger partial charge < -0.3 is 0 Å². The molecular weight excluding hydrogens is 252 g/mol. The zero-order chi connectivity index (χ0) is 14.5. The molecule has 21 heavy (non-hydrogen) atoms. The maximum absolute atomic E-state index is 2.41. The van der Waals surface area contributed by atoms with Gasteiger partial charge in [0.1, 0.15) is 0 Å². The highest BCUT2D eigenvalue weighted by Crippen LogP contribution is 2.34. The molecule has 0 bridgehead atoms. The first-order valence-corrected chi connectivity index (χ1v) is 8.44. The lowest BCUT2D eigenvalue weighted by atomic mass is 9.90. The fourth-order valence-electron chi connectivity index (χ4n) is 3.56. The van der Waals surface area contributed by atoms with Crippen LogP contribution in [0.25, 0.3) is 0 Å². The first-order chi connectivity index (χ1) is 10.3. The normalized spacial score (nSPS) is 22.7. The Balaban J connectivity index is 1.66. The largest absolute Gasteiger partial charge is 0.0625 e. The molecule has 1 aliphatic rings. The molecule has 0 heteroatoms. The maximum Gasteiger partial charge on any atom is -0.00258 e. The van der Waals surface area contributed by atoms with Crippen molar-refractivity contribution in [2.45, 2.75) is 51.4 Å². The van der Waals surface area contributed by atoms with Gasteiger partial charge in [-0.2, -0.15) is 0 Å². The lowest BCUT2D eigenvalue weighted by Crippen LogP contribution is -1.98. The highest BCUT2D eigenvalue weighted by Gasteiger charge is 2.17. The third kappa shape index (κ3) is 3.97. The minimum Gasteiger partial charge on any atom is -0.0625 e. The molecular formula is C21H26. The summed E-state index contributed by atoms with van der Waals surface area (Å²) in [6.07, 6.45) is 8.01. The van der Waals surface area contributed by atoms with Crippen LogP contribution in [0.5, 0.6) is 0 Å². The van der Waals surface area contributed by atoms with E-state index >= 15 is 0 Å². The molecule has 0 amide bonds. The Kier molecular flexibility index (Phi) is 4.75. The number of benzene rings is 2. The molecule has 2 aromatic rings. The van der Waals surface area contributed by atoms with Gasteiger partial charge in [-0.05, 0) is 47.8 Å². The van der Waals surface area contributed by atoms with Crippen LogP contribution >= 0.6 is 0 Å². The lowest BCUT2D eigenvalue weighted by Gasteiger charge is -2.15. The van der Waals surface area contributed by atoms with E-state index in [2.05, 4.69) is 61.5 Å². The van der Waals surface area contributed by atoms with Crippen molar-refractivity contribution in [2.75, 3.05) is 0 Å². The summed E-state index contributed by atoms with van der Waals surface area (Å²) in [6, 6.07) is 20.2. The molecule has 0 saturated heterocycles. The molecule has 1 aliphatic carbocycles. The van der Waals surface area contributed by atoms with Crippen molar-refractivity contribution in [1.82, 2.24) is 0 Å². The molecule has 2 aromatic carbocycles. The average Bonchev–Trinajstić information content (AvgIpc) is 2.74. The van der Waals surface area contributed by atoms with E-state index in [0.717, 1.165) is 18.3 Å². The molecule has 0 spiro atoms. The summed E-state index contributed by atoms with van der Waals surface area (Å²) >= 11 is 0. The summed E-state index contributed by atoms with van der Waals surface area (Å²) in [4.78, 5) is 0. The van der Waals surface area contributed by atoms with Crippen LogP contribution in [0.2, 0.25) is 0 Å². The zero-order valence-electron chi connectivity index (χ0n) is 13.1. The molecule has 0 nitrogen and oxygen atoms in total. The Morgan fingerprint density at radius 3 is 2.24 bits per heavy atom. The van der Waals surface area contributed by atoms with Gasteiger partial charge in [0.25, 0.3) is 0 Å². The van der Waals surface area contributed by atoms with Gasteiger partial charge in [-0.1, -0.05) is 80.8 Å². The molecule has 0 aromatic heterocycles. The van der Waals surface area contributed by atoms with Crippen LogP contribution in [0.3, 0.4) is 0 Å². The Morgan fingerprint density at radius 1 is 0.762 bits per heavy atom. The zero-order valence-corrected chi connectivity index (χ0v) is 13.1. The molecule has 2 atom stereocenters. The second-order valence-electron chi connectivity index (χ2n) is 6.71. The summed E-state index contributed by atoms with van der Waals surface area (Å²) in [5.74, 6) is 1.72. The van der Waals surface area contributed by atoms with Crippen LogP contribution in [0, 0.1) is 5.92 Å². The van der Waals surface area contributed by atoms with Gasteiger partial charge in [0, 0.05) is 0 Å². The Hall–Kier alpha value is -1.56. The van der Waals surface area contributed by atoms with E-state index in [1.165, 1.54) is 43.2 Å². The standard InChI is InChI=1S/C21H26/c1-17-6-5-9-20(13-10-17)21-14-11-19(12-15-21)16-18-7-3-2-4-8-18/h2-4,7-8,11-12,14-15,17,20H,5-6,9-10,13,16H2,1H3. The van der Waals surface area contributed by atoms with Crippen molar-refractivity contribution >= 4 is 0 Å². The second kappa shape index (κ2) is 6.93. The van der Waals surface area contributed by atoms with Gasteiger partial charge in [0.05, 0.1) is 0 Å². The summed E-state index contributed by atoms with van der Waals surface area (Å²) in [5.41, 5.74) is 4.38. The van der Waals surface area contributed by atoms with Crippen LogP contribution in [-0.4, -0.2) is 0 Å². The predicted molar refractivity (Wildman–Crippen MR) is 90.7 cm³/mol. The number of rotatable bonds is 3. The van der Waals surface area contributed by atoms with Crippen molar-refractivity contribution in [1.29, 1.82) is 0 Å². The van der Waals surface area contributed by atoms with Crippen LogP contribution in [-0.2, 0) is 6.42 Å².